The number of rotatable bonds is 5. The van der Waals surface area contributed by atoms with E-state index in [-0.39, 0.29) is 28.2 Å². The van der Waals surface area contributed by atoms with Crippen LogP contribution >= 0.6 is 11.6 Å². The Labute approximate surface area is 175 Å². The predicted octanol–water partition coefficient (Wildman–Crippen LogP) is 3.70. The number of hydrogen-bond donors (Lipinski definition) is 2. The summed E-state index contributed by atoms with van der Waals surface area (Å²) >= 11 is 5.83. The van der Waals surface area contributed by atoms with Crippen LogP contribution < -0.4 is 11.0 Å². The van der Waals surface area contributed by atoms with Crippen LogP contribution in [0.2, 0.25) is 5.02 Å². The van der Waals surface area contributed by atoms with Crippen molar-refractivity contribution >= 4 is 28.7 Å². The summed E-state index contributed by atoms with van der Waals surface area (Å²) in [6.07, 6.45) is 2.88. The van der Waals surface area contributed by atoms with E-state index in [0.717, 1.165) is 24.6 Å². The number of hydrogen-bond acceptors (Lipinski definition) is 4. The number of imidazole rings is 1. The van der Waals surface area contributed by atoms with Crippen LogP contribution in [0.15, 0.2) is 35.4 Å². The molecule has 0 bridgehead atoms. The van der Waals surface area contributed by atoms with E-state index < -0.39 is 18.0 Å². The first kappa shape index (κ1) is 20.5. The third-order valence-corrected chi connectivity index (χ3v) is 5.71. The van der Waals surface area contributed by atoms with E-state index in [9.17, 15) is 18.4 Å². The molecular formula is C20H20ClF2N5O2. The Morgan fingerprint density at radius 3 is 2.80 bits per heavy atom. The molecular weight excluding hydrogens is 416 g/mol. The van der Waals surface area contributed by atoms with Gasteiger partial charge in [0.25, 0.3) is 12.3 Å². The number of amides is 1. The lowest BCUT2D eigenvalue weighted by molar-refractivity contribution is 0.0904. The summed E-state index contributed by atoms with van der Waals surface area (Å²) < 4.78 is 28.0. The van der Waals surface area contributed by atoms with Gasteiger partial charge in [0, 0.05) is 25.0 Å². The molecule has 2 N–H and O–H groups in total. The van der Waals surface area contributed by atoms with Gasteiger partial charge >= 0.3 is 5.69 Å². The fourth-order valence-corrected chi connectivity index (χ4v) is 4.14. The predicted molar refractivity (Wildman–Crippen MR) is 108 cm³/mol. The minimum absolute atomic E-state index is 0.125. The molecule has 0 aromatic carbocycles. The second-order valence-electron chi connectivity index (χ2n) is 7.49. The van der Waals surface area contributed by atoms with Crippen molar-refractivity contribution in [2.45, 2.75) is 44.7 Å². The molecule has 7 nitrogen and oxygen atoms in total. The highest BCUT2D eigenvalue weighted by Gasteiger charge is 2.26. The monoisotopic (exact) mass is 435 g/mol. The number of alkyl halides is 2. The maximum absolute atomic E-state index is 13.2. The van der Waals surface area contributed by atoms with Crippen LogP contribution in [0.5, 0.6) is 0 Å². The first-order valence-corrected chi connectivity index (χ1v) is 10.1. The molecule has 0 aliphatic heterocycles. The van der Waals surface area contributed by atoms with Gasteiger partial charge in [0.2, 0.25) is 0 Å². The van der Waals surface area contributed by atoms with Crippen LogP contribution in [-0.2, 0) is 6.54 Å². The molecule has 0 saturated heterocycles. The molecule has 3 heterocycles. The number of carbonyl (C=O) groups is 1. The van der Waals surface area contributed by atoms with E-state index in [0.29, 0.717) is 25.0 Å². The normalized spacial score (nSPS) is 19.3. The summed E-state index contributed by atoms with van der Waals surface area (Å²) in [5.41, 5.74) is 0.377. The van der Waals surface area contributed by atoms with Crippen molar-refractivity contribution in [2.75, 3.05) is 0 Å². The molecule has 1 amide bonds. The smallest absolute Gasteiger partial charge is 0.327 e. The largest absolute Gasteiger partial charge is 0.349 e. The maximum Gasteiger partial charge on any atom is 0.327 e. The molecule has 0 unspecified atom stereocenters. The third-order valence-electron chi connectivity index (χ3n) is 5.51. The highest BCUT2D eigenvalue weighted by Crippen LogP contribution is 2.28. The second kappa shape index (κ2) is 8.51. The van der Waals surface area contributed by atoms with Crippen LogP contribution in [0.25, 0.3) is 11.2 Å². The van der Waals surface area contributed by atoms with Gasteiger partial charge in [-0.05, 0) is 49.8 Å². The molecule has 30 heavy (non-hydrogen) atoms. The molecule has 10 heteroatoms. The minimum Gasteiger partial charge on any atom is -0.349 e. The molecule has 1 aliphatic rings. The van der Waals surface area contributed by atoms with E-state index in [1.807, 2.05) is 6.07 Å². The summed E-state index contributed by atoms with van der Waals surface area (Å²) in [5.74, 6) is -0.317. The summed E-state index contributed by atoms with van der Waals surface area (Å²) in [6.45, 7) is 0.568. The average molecular weight is 436 g/mol. The lowest BCUT2D eigenvalue weighted by atomic mass is 9.85. The number of carbonyl (C=O) groups excluding carboxylic acids is 1. The molecule has 3 aromatic rings. The number of nitrogens with zero attached hydrogens (tertiary/aromatic N) is 3. The molecule has 0 atom stereocenters. The lowest BCUT2D eigenvalue weighted by Crippen LogP contribution is -2.39. The fourth-order valence-electron chi connectivity index (χ4n) is 3.99. The van der Waals surface area contributed by atoms with Crippen LogP contribution in [0.1, 0.15) is 48.2 Å². The molecule has 0 spiro atoms. The first-order chi connectivity index (χ1) is 14.4. The summed E-state index contributed by atoms with van der Waals surface area (Å²) in [6, 6.07) is 4.73. The van der Waals surface area contributed by atoms with Crippen molar-refractivity contribution in [2.24, 2.45) is 5.92 Å². The Balaban J connectivity index is 1.38. The van der Waals surface area contributed by atoms with Gasteiger partial charge in [-0.25, -0.2) is 18.6 Å². The summed E-state index contributed by atoms with van der Waals surface area (Å²) in [7, 11) is 0. The van der Waals surface area contributed by atoms with Crippen LogP contribution in [-0.4, -0.2) is 31.5 Å². The molecule has 4 rings (SSSR count). The highest BCUT2D eigenvalue weighted by molar-refractivity contribution is 6.30. The second-order valence-corrected chi connectivity index (χ2v) is 7.93. The lowest BCUT2D eigenvalue weighted by Gasteiger charge is -2.29. The SMILES string of the molecule is O=C(NC1CCC(Cn2c(=O)[nH]c3ncccc32)CC1)c1cc(Cl)cnc1C(F)F. The highest BCUT2D eigenvalue weighted by atomic mass is 35.5. The van der Waals surface area contributed by atoms with E-state index in [1.165, 1.54) is 6.07 Å². The number of fused-ring (bicyclic) bond motifs is 1. The van der Waals surface area contributed by atoms with Crippen molar-refractivity contribution in [1.29, 1.82) is 0 Å². The number of nitrogens with one attached hydrogen (secondary N) is 2. The van der Waals surface area contributed by atoms with Crippen LogP contribution in [0.4, 0.5) is 8.78 Å². The maximum atomic E-state index is 13.2. The topological polar surface area (TPSA) is 92.7 Å². The van der Waals surface area contributed by atoms with Gasteiger partial charge in [-0.3, -0.25) is 19.3 Å². The quantitative estimate of drug-likeness (QED) is 0.639. The standard InChI is InChI=1S/C20H20ClF2N5O2/c21-12-8-14(16(17(22)23)25-9-12)19(29)26-13-5-3-11(4-6-13)10-28-15-2-1-7-24-18(15)27-20(28)30/h1-2,7-9,11,13,17H,3-6,10H2,(H,26,29)(H,24,27,30). The van der Waals surface area contributed by atoms with Gasteiger partial charge in [-0.1, -0.05) is 11.6 Å². The van der Waals surface area contributed by atoms with E-state index in [1.54, 1.807) is 16.8 Å². The van der Waals surface area contributed by atoms with Crippen molar-refractivity contribution in [3.63, 3.8) is 0 Å². The molecule has 1 aliphatic carbocycles. The Bertz CT molecular complexity index is 1120. The van der Waals surface area contributed by atoms with E-state index in [4.69, 9.17) is 11.6 Å². The van der Waals surface area contributed by atoms with Crippen molar-refractivity contribution < 1.29 is 13.6 Å². The number of aromatic amines is 1. The van der Waals surface area contributed by atoms with Crippen LogP contribution in [0, 0.1) is 5.92 Å². The average Bonchev–Trinajstić information content (AvgIpc) is 3.04. The Morgan fingerprint density at radius 1 is 1.30 bits per heavy atom. The first-order valence-electron chi connectivity index (χ1n) is 9.70. The minimum atomic E-state index is -2.86. The number of halogens is 3. The van der Waals surface area contributed by atoms with E-state index in [2.05, 4.69) is 20.3 Å². The fraction of sp³-hybridized carbons (Fsp3) is 0.400. The zero-order valence-corrected chi connectivity index (χ0v) is 16.7. The molecule has 1 saturated carbocycles. The molecule has 1 fully saturated rings. The van der Waals surface area contributed by atoms with Gasteiger partial charge in [0.05, 0.1) is 16.1 Å². The molecule has 158 valence electrons. The van der Waals surface area contributed by atoms with E-state index >= 15 is 0 Å². The Hall–Kier alpha value is -2.81. The third kappa shape index (κ3) is 4.21. The summed E-state index contributed by atoms with van der Waals surface area (Å²) in [5, 5.41) is 2.95. The van der Waals surface area contributed by atoms with Crippen molar-refractivity contribution in [1.82, 2.24) is 24.8 Å². The number of H-pyrrole nitrogens is 1. The van der Waals surface area contributed by atoms with Crippen LogP contribution in [0.3, 0.4) is 0 Å². The van der Waals surface area contributed by atoms with Gasteiger partial charge in [-0.2, -0.15) is 0 Å². The van der Waals surface area contributed by atoms with Gasteiger partial charge < -0.3 is 5.32 Å². The van der Waals surface area contributed by atoms with Gasteiger partial charge in [0.15, 0.2) is 5.65 Å². The number of pyridine rings is 2. The number of aromatic nitrogens is 4. The Morgan fingerprint density at radius 2 is 2.07 bits per heavy atom. The van der Waals surface area contributed by atoms with Gasteiger partial charge in [-0.15, -0.1) is 0 Å². The zero-order chi connectivity index (χ0) is 21.3. The zero-order valence-electron chi connectivity index (χ0n) is 15.9. The molecule has 0 radical (unpaired) electrons. The Kier molecular flexibility index (Phi) is 5.80. The van der Waals surface area contributed by atoms with Crippen molar-refractivity contribution in [3.8, 4) is 0 Å². The summed E-state index contributed by atoms with van der Waals surface area (Å²) in [4.78, 5) is 35.3. The van der Waals surface area contributed by atoms with Gasteiger partial charge in [0.1, 0.15) is 5.69 Å². The molecule has 3 aromatic heterocycles. The van der Waals surface area contributed by atoms with Crippen molar-refractivity contribution in [3.05, 3.63) is 57.4 Å².